The molecule has 1 N–H and O–H groups in total. The van der Waals surface area contributed by atoms with Crippen LogP contribution in [0.15, 0.2) is 41.8 Å². The van der Waals surface area contributed by atoms with Crippen LogP contribution < -0.4 is 5.32 Å². The Kier molecular flexibility index (Phi) is 6.09. The fourth-order valence-electron chi connectivity index (χ4n) is 2.08. The van der Waals surface area contributed by atoms with Crippen molar-refractivity contribution in [3.63, 3.8) is 0 Å². The van der Waals surface area contributed by atoms with Crippen LogP contribution in [0.25, 0.3) is 0 Å². The van der Waals surface area contributed by atoms with Crippen molar-refractivity contribution in [2.75, 3.05) is 13.2 Å². The highest BCUT2D eigenvalue weighted by molar-refractivity contribution is 7.12. The van der Waals surface area contributed by atoms with E-state index in [0.717, 1.165) is 5.56 Å². The largest absolute Gasteiger partial charge is 0.456 e. The molecule has 0 atom stereocenters. The molecule has 6 heteroatoms. The first-order chi connectivity index (χ1) is 11.8. The van der Waals surface area contributed by atoms with Crippen molar-refractivity contribution < 1.29 is 19.1 Å². The van der Waals surface area contributed by atoms with Gasteiger partial charge in [-0.3, -0.25) is 14.4 Å². The third kappa shape index (κ3) is 5.53. The summed E-state index contributed by atoms with van der Waals surface area (Å²) in [4.78, 5) is 36.0. The number of amides is 1. The van der Waals surface area contributed by atoms with Crippen molar-refractivity contribution in [2.45, 2.75) is 26.2 Å². The Bertz CT molecular complexity index is 743. The molecule has 1 aromatic carbocycles. The molecule has 0 aliphatic heterocycles. The van der Waals surface area contributed by atoms with Gasteiger partial charge in [-0.05, 0) is 34.6 Å². The van der Waals surface area contributed by atoms with Gasteiger partial charge >= 0.3 is 5.97 Å². The first kappa shape index (κ1) is 18.9. The summed E-state index contributed by atoms with van der Waals surface area (Å²) in [6, 6.07) is 10.7. The monoisotopic (exact) mass is 359 g/mol. The van der Waals surface area contributed by atoms with Crippen molar-refractivity contribution in [1.82, 2.24) is 5.32 Å². The zero-order valence-corrected chi connectivity index (χ0v) is 15.3. The number of thiophene rings is 1. The number of hydrogen-bond acceptors (Lipinski definition) is 5. The highest BCUT2D eigenvalue weighted by atomic mass is 32.1. The lowest BCUT2D eigenvalue weighted by Gasteiger charge is -2.19. The van der Waals surface area contributed by atoms with Gasteiger partial charge in [-0.15, -0.1) is 11.3 Å². The summed E-state index contributed by atoms with van der Waals surface area (Å²) >= 11 is 1.29. The molecular weight excluding hydrogens is 338 g/mol. The van der Waals surface area contributed by atoms with E-state index in [1.165, 1.54) is 11.3 Å². The van der Waals surface area contributed by atoms with Crippen molar-refractivity contribution >= 4 is 29.0 Å². The number of Topliss-reactive ketones (excluding diaryl/α,β-unsaturated/α-hetero) is 1. The molecule has 132 valence electrons. The number of hydrogen-bond donors (Lipinski definition) is 1. The topological polar surface area (TPSA) is 72.5 Å². The average molecular weight is 359 g/mol. The Morgan fingerprint density at radius 1 is 1.08 bits per heavy atom. The van der Waals surface area contributed by atoms with Gasteiger partial charge in [-0.2, -0.15) is 0 Å². The van der Waals surface area contributed by atoms with Crippen LogP contribution in [0.5, 0.6) is 0 Å². The summed E-state index contributed by atoms with van der Waals surface area (Å²) in [5.74, 6) is -1.26. The minimum atomic E-state index is -0.649. The third-order valence-electron chi connectivity index (χ3n) is 3.57. The van der Waals surface area contributed by atoms with Crippen LogP contribution in [0.4, 0.5) is 0 Å². The van der Waals surface area contributed by atoms with E-state index < -0.39 is 5.97 Å². The van der Waals surface area contributed by atoms with E-state index in [9.17, 15) is 14.4 Å². The molecule has 5 nitrogen and oxygen atoms in total. The number of nitrogens with one attached hydrogen (secondary N) is 1. The van der Waals surface area contributed by atoms with E-state index in [2.05, 4.69) is 26.1 Å². The fraction of sp³-hybridized carbons (Fsp3) is 0.316. The maximum Gasteiger partial charge on any atom is 0.325 e. The summed E-state index contributed by atoms with van der Waals surface area (Å²) in [5, 5.41) is 4.27. The predicted molar refractivity (Wildman–Crippen MR) is 97.1 cm³/mol. The second-order valence-corrected chi connectivity index (χ2v) is 7.52. The van der Waals surface area contributed by atoms with Crippen molar-refractivity contribution in [2.24, 2.45) is 0 Å². The van der Waals surface area contributed by atoms with Crippen molar-refractivity contribution in [1.29, 1.82) is 0 Å². The Labute approximate surface area is 151 Å². The average Bonchev–Trinajstić information content (AvgIpc) is 3.11. The Morgan fingerprint density at radius 3 is 2.32 bits per heavy atom. The lowest BCUT2D eigenvalue weighted by molar-refractivity contribution is -0.141. The van der Waals surface area contributed by atoms with Crippen LogP contribution >= 0.6 is 11.3 Å². The molecule has 0 unspecified atom stereocenters. The van der Waals surface area contributed by atoms with Crippen LogP contribution in [0.3, 0.4) is 0 Å². The van der Waals surface area contributed by atoms with E-state index in [1.54, 1.807) is 29.6 Å². The minimum absolute atomic E-state index is 0.00785. The SMILES string of the molecule is CC(C)(C)c1ccc(C(=O)NCC(=O)OCC(=O)c2cccs2)cc1. The second kappa shape index (κ2) is 8.07. The summed E-state index contributed by atoms with van der Waals surface area (Å²) < 4.78 is 4.88. The van der Waals surface area contributed by atoms with Crippen LogP contribution in [0, 0.1) is 0 Å². The maximum atomic E-state index is 12.1. The van der Waals surface area contributed by atoms with Crippen LogP contribution in [-0.2, 0) is 14.9 Å². The van der Waals surface area contributed by atoms with E-state index in [4.69, 9.17) is 4.74 Å². The zero-order valence-electron chi connectivity index (χ0n) is 14.5. The van der Waals surface area contributed by atoms with E-state index in [1.807, 2.05) is 12.1 Å². The predicted octanol–water partition coefficient (Wildman–Crippen LogP) is 3.20. The molecule has 0 spiro atoms. The zero-order chi connectivity index (χ0) is 18.4. The highest BCUT2D eigenvalue weighted by Gasteiger charge is 2.15. The highest BCUT2D eigenvalue weighted by Crippen LogP contribution is 2.22. The van der Waals surface area contributed by atoms with Gasteiger partial charge in [0, 0.05) is 5.56 Å². The number of rotatable bonds is 6. The molecular formula is C19H21NO4S. The van der Waals surface area contributed by atoms with Crippen LogP contribution in [0.2, 0.25) is 0 Å². The quantitative estimate of drug-likeness (QED) is 0.635. The number of carbonyl (C=O) groups is 3. The number of ketones is 1. The summed E-state index contributed by atoms with van der Waals surface area (Å²) in [6.45, 7) is 5.67. The van der Waals surface area contributed by atoms with Crippen molar-refractivity contribution in [3.05, 3.63) is 57.8 Å². The number of ether oxygens (including phenoxy) is 1. The lowest BCUT2D eigenvalue weighted by Crippen LogP contribution is -2.31. The standard InChI is InChI=1S/C19H21NO4S/c1-19(2,3)14-8-6-13(7-9-14)18(23)20-11-17(22)24-12-15(21)16-5-4-10-25-16/h4-10H,11-12H2,1-3H3,(H,20,23). The molecule has 0 saturated heterocycles. The van der Waals surface area contributed by atoms with Gasteiger partial charge in [0.25, 0.3) is 5.91 Å². The van der Waals surface area contributed by atoms with E-state index >= 15 is 0 Å². The molecule has 0 aliphatic carbocycles. The minimum Gasteiger partial charge on any atom is -0.456 e. The second-order valence-electron chi connectivity index (χ2n) is 6.57. The molecule has 0 aliphatic rings. The van der Waals surface area contributed by atoms with E-state index in [0.29, 0.717) is 10.4 Å². The van der Waals surface area contributed by atoms with Crippen molar-refractivity contribution in [3.8, 4) is 0 Å². The lowest BCUT2D eigenvalue weighted by atomic mass is 9.87. The molecule has 1 aromatic heterocycles. The molecule has 1 heterocycles. The summed E-state index contributed by atoms with van der Waals surface area (Å²) in [5.41, 5.74) is 1.60. The molecule has 1 amide bonds. The van der Waals surface area contributed by atoms with Gasteiger partial charge in [0.2, 0.25) is 5.78 Å². The summed E-state index contributed by atoms with van der Waals surface area (Å²) in [6.07, 6.45) is 0. The molecule has 0 radical (unpaired) electrons. The molecule has 2 rings (SSSR count). The number of esters is 1. The third-order valence-corrected chi connectivity index (χ3v) is 4.48. The van der Waals surface area contributed by atoms with Gasteiger partial charge < -0.3 is 10.1 Å². The number of benzene rings is 1. The van der Waals surface area contributed by atoms with Gasteiger partial charge in [-0.25, -0.2) is 0 Å². The normalized spacial score (nSPS) is 11.0. The Balaban J connectivity index is 1.79. The fourth-order valence-corrected chi connectivity index (χ4v) is 2.73. The Hall–Kier alpha value is -2.47. The summed E-state index contributed by atoms with van der Waals surface area (Å²) in [7, 11) is 0. The molecule has 0 fully saturated rings. The number of carbonyl (C=O) groups excluding carboxylic acids is 3. The molecule has 25 heavy (non-hydrogen) atoms. The smallest absolute Gasteiger partial charge is 0.325 e. The van der Waals surface area contributed by atoms with Gasteiger partial charge in [0.15, 0.2) is 6.61 Å². The van der Waals surface area contributed by atoms with Crippen LogP contribution in [0.1, 0.15) is 46.4 Å². The molecule has 2 aromatic rings. The van der Waals surface area contributed by atoms with Gasteiger partial charge in [0.05, 0.1) is 4.88 Å². The maximum absolute atomic E-state index is 12.1. The Morgan fingerprint density at radius 2 is 1.76 bits per heavy atom. The van der Waals surface area contributed by atoms with Gasteiger partial charge in [0.1, 0.15) is 6.54 Å². The van der Waals surface area contributed by atoms with Gasteiger partial charge in [-0.1, -0.05) is 39.0 Å². The van der Waals surface area contributed by atoms with E-state index in [-0.39, 0.29) is 30.3 Å². The molecule has 0 bridgehead atoms. The van der Waals surface area contributed by atoms with Crippen LogP contribution in [-0.4, -0.2) is 30.8 Å². The first-order valence-corrected chi connectivity index (χ1v) is 8.76. The first-order valence-electron chi connectivity index (χ1n) is 7.88. The molecule has 0 saturated carbocycles.